The number of nitrogen functional groups attached to an aromatic ring is 1. The largest absolute Gasteiger partial charge is 0.383 e. The number of nitrogens with two attached hydrogens (primary N) is 1. The van der Waals surface area contributed by atoms with Crippen molar-refractivity contribution in [2.45, 2.75) is 37.9 Å². The van der Waals surface area contributed by atoms with Crippen LogP contribution in [0.5, 0.6) is 0 Å². The molecule has 7 rings (SSSR count). The number of aromatic nitrogens is 5. The molecule has 4 N–H and O–H groups in total. The van der Waals surface area contributed by atoms with E-state index in [0.29, 0.717) is 41.1 Å². The van der Waals surface area contributed by atoms with Crippen LogP contribution in [0, 0.1) is 5.82 Å². The maximum atomic E-state index is 14.9. The van der Waals surface area contributed by atoms with Gasteiger partial charge in [-0.1, -0.05) is 12.1 Å². The number of rotatable bonds is 6. The fourth-order valence-corrected chi connectivity index (χ4v) is 5.34. The molecule has 9 heteroatoms. The van der Waals surface area contributed by atoms with Gasteiger partial charge in [-0.3, -0.25) is 4.98 Å². The highest BCUT2D eigenvalue weighted by Crippen LogP contribution is 2.44. The van der Waals surface area contributed by atoms with Crippen molar-refractivity contribution in [3.05, 3.63) is 65.9 Å². The number of pyridine rings is 2. The zero-order valence-electron chi connectivity index (χ0n) is 20.2. The van der Waals surface area contributed by atoms with Gasteiger partial charge in [0.15, 0.2) is 5.82 Å². The maximum Gasteiger partial charge on any atom is 0.163 e. The summed E-state index contributed by atoms with van der Waals surface area (Å²) >= 11 is 0. The average molecular weight is 496 g/mol. The fraction of sp³-hybridized carbons (Fsp3) is 0.286. The van der Waals surface area contributed by atoms with Crippen LogP contribution < -0.4 is 11.1 Å². The van der Waals surface area contributed by atoms with Crippen molar-refractivity contribution in [3.8, 4) is 22.6 Å². The number of H-pyrrole nitrogens is 1. The van der Waals surface area contributed by atoms with Gasteiger partial charge in [-0.05, 0) is 55.5 Å². The number of anilines is 1. The first-order valence-electron chi connectivity index (χ1n) is 12.7. The first-order chi connectivity index (χ1) is 18.2. The monoisotopic (exact) mass is 495 g/mol. The Morgan fingerprint density at radius 2 is 1.92 bits per heavy atom. The predicted molar refractivity (Wildman–Crippen MR) is 140 cm³/mol. The van der Waals surface area contributed by atoms with Gasteiger partial charge in [0.1, 0.15) is 17.3 Å². The molecule has 186 valence electrons. The number of benzene rings is 1. The third-order valence-corrected chi connectivity index (χ3v) is 7.34. The van der Waals surface area contributed by atoms with Crippen LogP contribution in [0.4, 0.5) is 10.2 Å². The second kappa shape index (κ2) is 8.86. The molecular weight excluding hydrogens is 469 g/mol. The van der Waals surface area contributed by atoms with E-state index >= 15 is 0 Å². The van der Waals surface area contributed by atoms with E-state index in [0.717, 1.165) is 65.3 Å². The molecule has 1 aromatic carbocycles. The van der Waals surface area contributed by atoms with E-state index < -0.39 is 0 Å². The Labute approximate surface area is 212 Å². The van der Waals surface area contributed by atoms with E-state index in [4.69, 9.17) is 20.4 Å². The average Bonchev–Trinajstić information content (AvgIpc) is 3.50. The molecule has 5 aromatic rings. The predicted octanol–water partition coefficient (Wildman–Crippen LogP) is 4.71. The minimum absolute atomic E-state index is 0.0954. The lowest BCUT2D eigenvalue weighted by molar-refractivity contribution is 0.0551. The van der Waals surface area contributed by atoms with Gasteiger partial charge < -0.3 is 20.8 Å². The Morgan fingerprint density at radius 3 is 2.73 bits per heavy atom. The molecule has 2 aliphatic rings. The Kier molecular flexibility index (Phi) is 5.33. The normalized spacial score (nSPS) is 17.7. The summed E-state index contributed by atoms with van der Waals surface area (Å²) in [7, 11) is 0. The minimum Gasteiger partial charge on any atom is -0.383 e. The van der Waals surface area contributed by atoms with Crippen molar-refractivity contribution in [3.63, 3.8) is 0 Å². The second-order valence-corrected chi connectivity index (χ2v) is 9.80. The summed E-state index contributed by atoms with van der Waals surface area (Å²) < 4.78 is 21.2. The Bertz CT molecular complexity index is 1640. The van der Waals surface area contributed by atoms with Gasteiger partial charge in [-0.2, -0.15) is 0 Å². The molecule has 1 aliphatic carbocycles. The van der Waals surface area contributed by atoms with Crippen LogP contribution in [0.25, 0.3) is 44.6 Å². The van der Waals surface area contributed by atoms with E-state index in [-0.39, 0.29) is 11.9 Å². The number of fused-ring (bicyclic) bond motifs is 2. The number of ether oxygens (including phenoxy) is 1. The lowest BCUT2D eigenvalue weighted by Crippen LogP contribution is -2.16. The topological polar surface area (TPSA) is 115 Å². The van der Waals surface area contributed by atoms with E-state index in [1.807, 2.05) is 18.3 Å². The summed E-state index contributed by atoms with van der Waals surface area (Å²) in [5.41, 5.74) is 11.7. The van der Waals surface area contributed by atoms with E-state index in [2.05, 4.69) is 20.3 Å². The summed E-state index contributed by atoms with van der Waals surface area (Å²) in [6.07, 6.45) is 8.61. The lowest BCUT2D eigenvalue weighted by atomic mass is 10.0. The number of halogens is 1. The molecule has 1 aliphatic heterocycles. The van der Waals surface area contributed by atoms with Gasteiger partial charge in [0.05, 0.1) is 30.1 Å². The molecule has 4 aromatic heterocycles. The number of hydrogen-bond donors (Lipinski definition) is 3. The summed E-state index contributed by atoms with van der Waals surface area (Å²) in [5.74, 6) is 1.08. The lowest BCUT2D eigenvalue weighted by Gasteiger charge is -2.13. The van der Waals surface area contributed by atoms with Gasteiger partial charge in [0.2, 0.25) is 0 Å². The van der Waals surface area contributed by atoms with E-state index in [1.165, 1.54) is 6.07 Å². The van der Waals surface area contributed by atoms with Gasteiger partial charge in [0, 0.05) is 46.4 Å². The molecule has 0 bridgehead atoms. The highest BCUT2D eigenvalue weighted by Gasteiger charge is 2.28. The SMILES string of the molecule is Nc1nc(-c2ccnc3[nH]c(-c4ccccc4F)c(CO[C@H]4CCNC4)c23)nc2cncc(C3CC3)c12. The third-order valence-electron chi connectivity index (χ3n) is 7.34. The van der Waals surface area contributed by atoms with E-state index in [9.17, 15) is 4.39 Å². The van der Waals surface area contributed by atoms with Crippen LogP contribution in [-0.4, -0.2) is 44.1 Å². The standard InChI is InChI=1S/C28H26FN7O/c29-21-4-2-1-3-17(21)25-20(14-37-16-7-9-31-11-16)23-18(8-10-33-28(23)35-25)27-34-22-13-32-12-19(15-5-6-15)24(22)26(30)36-27/h1-4,8,10,12-13,15-16,31H,5-7,9,11,14H2,(H,33,35)(H2,30,34,36)/t16-/m0/s1. The number of hydrogen-bond acceptors (Lipinski definition) is 7. The number of nitrogens with one attached hydrogen (secondary N) is 2. The molecule has 8 nitrogen and oxygen atoms in total. The zero-order chi connectivity index (χ0) is 24.9. The van der Waals surface area contributed by atoms with Crippen LogP contribution in [0.3, 0.4) is 0 Å². The molecular formula is C28H26FN7O. The number of aromatic amines is 1. The van der Waals surface area contributed by atoms with E-state index in [1.54, 1.807) is 24.5 Å². The van der Waals surface area contributed by atoms with Gasteiger partial charge >= 0.3 is 0 Å². The number of nitrogens with zero attached hydrogens (tertiary/aromatic N) is 4. The summed E-state index contributed by atoms with van der Waals surface area (Å²) in [5, 5.41) is 5.01. The van der Waals surface area contributed by atoms with Crippen molar-refractivity contribution < 1.29 is 9.13 Å². The summed E-state index contributed by atoms with van der Waals surface area (Å²) in [4.78, 5) is 22.0. The van der Waals surface area contributed by atoms with Crippen LogP contribution >= 0.6 is 0 Å². The van der Waals surface area contributed by atoms with Crippen molar-refractivity contribution in [1.82, 2.24) is 30.2 Å². The van der Waals surface area contributed by atoms with Crippen LogP contribution in [-0.2, 0) is 11.3 Å². The van der Waals surface area contributed by atoms with Crippen LogP contribution in [0.2, 0.25) is 0 Å². The maximum absolute atomic E-state index is 14.9. The Hall–Kier alpha value is -3.95. The molecule has 0 unspecified atom stereocenters. The molecule has 1 atom stereocenters. The van der Waals surface area contributed by atoms with Crippen molar-refractivity contribution >= 4 is 27.8 Å². The quantitative estimate of drug-likeness (QED) is 0.312. The summed E-state index contributed by atoms with van der Waals surface area (Å²) in [6, 6.07) is 8.59. The Morgan fingerprint density at radius 1 is 1.03 bits per heavy atom. The highest BCUT2D eigenvalue weighted by atomic mass is 19.1. The highest BCUT2D eigenvalue weighted by molar-refractivity contribution is 6.00. The summed E-state index contributed by atoms with van der Waals surface area (Å²) in [6.45, 7) is 2.01. The Balaban J connectivity index is 1.42. The smallest absolute Gasteiger partial charge is 0.163 e. The minimum atomic E-state index is -0.315. The van der Waals surface area contributed by atoms with Crippen LogP contribution in [0.15, 0.2) is 48.9 Å². The molecule has 1 saturated heterocycles. The third kappa shape index (κ3) is 3.91. The molecule has 5 heterocycles. The van der Waals surface area contributed by atoms with Crippen LogP contribution in [0.1, 0.15) is 36.3 Å². The van der Waals surface area contributed by atoms with Gasteiger partial charge in [0.25, 0.3) is 0 Å². The molecule has 0 amide bonds. The molecule has 0 spiro atoms. The van der Waals surface area contributed by atoms with Crippen molar-refractivity contribution in [1.29, 1.82) is 0 Å². The first-order valence-corrected chi connectivity index (χ1v) is 12.7. The molecule has 2 fully saturated rings. The zero-order valence-corrected chi connectivity index (χ0v) is 20.2. The molecule has 0 radical (unpaired) electrons. The van der Waals surface area contributed by atoms with Gasteiger partial charge in [-0.25, -0.2) is 19.3 Å². The van der Waals surface area contributed by atoms with Crippen molar-refractivity contribution in [2.75, 3.05) is 18.8 Å². The fourth-order valence-electron chi connectivity index (χ4n) is 5.34. The second-order valence-electron chi connectivity index (χ2n) is 9.80. The first kappa shape index (κ1) is 22.3. The molecule has 37 heavy (non-hydrogen) atoms. The molecule has 1 saturated carbocycles. The van der Waals surface area contributed by atoms with Gasteiger partial charge in [-0.15, -0.1) is 0 Å². The van der Waals surface area contributed by atoms with Crippen molar-refractivity contribution in [2.24, 2.45) is 0 Å².